The van der Waals surface area contributed by atoms with E-state index < -0.39 is 0 Å². The summed E-state index contributed by atoms with van der Waals surface area (Å²) < 4.78 is 0. The van der Waals surface area contributed by atoms with E-state index in [1.54, 1.807) is 6.07 Å². The Kier molecular flexibility index (Phi) is 4.97. The summed E-state index contributed by atoms with van der Waals surface area (Å²) >= 11 is 17.6. The molecule has 15 heavy (non-hydrogen) atoms. The molecule has 2 nitrogen and oxygen atoms in total. The molecular weight excluding hydrogens is 254 g/mol. The molecule has 1 atom stereocenters. The Morgan fingerprint density at radius 1 is 1.33 bits per heavy atom. The van der Waals surface area contributed by atoms with Gasteiger partial charge in [0.1, 0.15) is 11.0 Å². The van der Waals surface area contributed by atoms with Gasteiger partial charge in [0.15, 0.2) is 0 Å². The highest BCUT2D eigenvalue weighted by molar-refractivity contribution is 6.42. The summed E-state index contributed by atoms with van der Waals surface area (Å²) in [6.07, 6.45) is 2.16. The largest absolute Gasteiger partial charge is 0.366 e. The SMILES string of the molecule is CCCC(C)Nc1nc(Cl)c(Cl)cc1Cl. The fourth-order valence-electron chi connectivity index (χ4n) is 1.28. The van der Waals surface area contributed by atoms with E-state index in [0.717, 1.165) is 12.8 Å². The predicted octanol–water partition coefficient (Wildman–Crippen LogP) is 4.64. The van der Waals surface area contributed by atoms with E-state index in [2.05, 4.69) is 24.1 Å². The predicted molar refractivity (Wildman–Crippen MR) is 67.3 cm³/mol. The normalized spacial score (nSPS) is 12.6. The second-order valence-corrected chi connectivity index (χ2v) is 4.60. The molecule has 84 valence electrons. The van der Waals surface area contributed by atoms with Gasteiger partial charge in [-0.2, -0.15) is 0 Å². The maximum absolute atomic E-state index is 5.98. The van der Waals surface area contributed by atoms with Gasteiger partial charge in [-0.1, -0.05) is 48.1 Å². The van der Waals surface area contributed by atoms with Crippen LogP contribution in [0.3, 0.4) is 0 Å². The lowest BCUT2D eigenvalue weighted by molar-refractivity contribution is 0.687. The van der Waals surface area contributed by atoms with Gasteiger partial charge in [0, 0.05) is 6.04 Å². The van der Waals surface area contributed by atoms with Gasteiger partial charge in [0.25, 0.3) is 0 Å². The first-order valence-electron chi connectivity index (χ1n) is 4.82. The van der Waals surface area contributed by atoms with Gasteiger partial charge in [-0.25, -0.2) is 4.98 Å². The van der Waals surface area contributed by atoms with Gasteiger partial charge in [-0.05, 0) is 19.4 Å². The molecule has 1 aromatic heterocycles. The highest BCUT2D eigenvalue weighted by Crippen LogP contribution is 2.29. The van der Waals surface area contributed by atoms with E-state index in [1.165, 1.54) is 0 Å². The minimum atomic E-state index is 0.271. The third kappa shape index (κ3) is 3.71. The molecule has 1 heterocycles. The fraction of sp³-hybridized carbons (Fsp3) is 0.500. The monoisotopic (exact) mass is 266 g/mol. The van der Waals surface area contributed by atoms with Crippen molar-refractivity contribution in [3.8, 4) is 0 Å². The number of halogens is 3. The molecule has 1 N–H and O–H groups in total. The molecule has 0 aromatic carbocycles. The number of anilines is 1. The fourth-order valence-corrected chi connectivity index (χ4v) is 1.84. The van der Waals surface area contributed by atoms with Crippen molar-refractivity contribution in [3.05, 3.63) is 21.3 Å². The summed E-state index contributed by atoms with van der Waals surface area (Å²) in [5.41, 5.74) is 0. The van der Waals surface area contributed by atoms with Crippen LogP contribution in [0.25, 0.3) is 0 Å². The smallest absolute Gasteiger partial charge is 0.150 e. The third-order valence-electron chi connectivity index (χ3n) is 1.99. The zero-order valence-electron chi connectivity index (χ0n) is 8.65. The molecule has 0 radical (unpaired) electrons. The summed E-state index contributed by atoms with van der Waals surface area (Å²) in [7, 11) is 0. The van der Waals surface area contributed by atoms with Crippen LogP contribution in [-0.2, 0) is 0 Å². The van der Waals surface area contributed by atoms with Gasteiger partial charge in [0.05, 0.1) is 10.0 Å². The summed E-state index contributed by atoms with van der Waals surface area (Å²) in [5.74, 6) is 0.590. The Morgan fingerprint density at radius 2 is 2.00 bits per heavy atom. The summed E-state index contributed by atoms with van der Waals surface area (Å²) in [6, 6.07) is 1.91. The van der Waals surface area contributed by atoms with Gasteiger partial charge >= 0.3 is 0 Å². The Morgan fingerprint density at radius 3 is 2.60 bits per heavy atom. The van der Waals surface area contributed by atoms with Crippen LogP contribution in [0.2, 0.25) is 15.2 Å². The quantitative estimate of drug-likeness (QED) is 0.804. The zero-order chi connectivity index (χ0) is 11.4. The molecule has 0 spiro atoms. The van der Waals surface area contributed by atoms with Crippen LogP contribution in [0, 0.1) is 0 Å². The van der Waals surface area contributed by atoms with Crippen molar-refractivity contribution >= 4 is 40.6 Å². The van der Waals surface area contributed by atoms with Gasteiger partial charge in [-0.3, -0.25) is 0 Å². The Hall–Kier alpha value is -0.180. The number of hydrogen-bond donors (Lipinski definition) is 1. The van der Waals surface area contributed by atoms with E-state index in [0.29, 0.717) is 21.9 Å². The van der Waals surface area contributed by atoms with Gasteiger partial charge in [-0.15, -0.1) is 0 Å². The van der Waals surface area contributed by atoms with E-state index in [4.69, 9.17) is 34.8 Å². The van der Waals surface area contributed by atoms with Gasteiger partial charge < -0.3 is 5.32 Å². The van der Waals surface area contributed by atoms with Crippen molar-refractivity contribution in [2.24, 2.45) is 0 Å². The van der Waals surface area contributed by atoms with Crippen molar-refractivity contribution in [2.45, 2.75) is 32.7 Å². The van der Waals surface area contributed by atoms with Crippen molar-refractivity contribution in [2.75, 3.05) is 5.32 Å². The Bertz CT molecular complexity index is 342. The maximum atomic E-state index is 5.98. The van der Waals surface area contributed by atoms with E-state index in [-0.39, 0.29) is 5.15 Å². The number of pyridine rings is 1. The van der Waals surface area contributed by atoms with E-state index in [1.807, 2.05) is 0 Å². The molecule has 0 aliphatic rings. The average Bonchev–Trinajstić information content (AvgIpc) is 2.14. The maximum Gasteiger partial charge on any atom is 0.150 e. The highest BCUT2D eigenvalue weighted by atomic mass is 35.5. The Balaban J connectivity index is 2.81. The van der Waals surface area contributed by atoms with Crippen LogP contribution in [0.4, 0.5) is 5.82 Å². The summed E-state index contributed by atoms with van der Waals surface area (Å²) in [4.78, 5) is 4.08. The van der Waals surface area contributed by atoms with Crippen LogP contribution in [0.5, 0.6) is 0 Å². The molecule has 0 saturated heterocycles. The molecule has 0 fully saturated rings. The average molecular weight is 268 g/mol. The molecule has 0 aliphatic carbocycles. The van der Waals surface area contributed by atoms with Crippen molar-refractivity contribution in [3.63, 3.8) is 0 Å². The second-order valence-electron chi connectivity index (χ2n) is 3.43. The lowest BCUT2D eigenvalue weighted by atomic mass is 10.2. The highest BCUT2D eigenvalue weighted by Gasteiger charge is 2.09. The molecule has 0 aliphatic heterocycles. The molecule has 1 unspecified atom stereocenters. The first-order valence-corrected chi connectivity index (χ1v) is 5.96. The van der Waals surface area contributed by atoms with Crippen LogP contribution < -0.4 is 5.32 Å². The van der Waals surface area contributed by atoms with Crippen molar-refractivity contribution in [1.82, 2.24) is 4.98 Å². The van der Waals surface area contributed by atoms with Gasteiger partial charge in [0.2, 0.25) is 0 Å². The van der Waals surface area contributed by atoms with Crippen molar-refractivity contribution in [1.29, 1.82) is 0 Å². The van der Waals surface area contributed by atoms with Crippen LogP contribution >= 0.6 is 34.8 Å². The topological polar surface area (TPSA) is 24.9 Å². The molecule has 0 saturated carbocycles. The molecule has 1 rings (SSSR count). The lowest BCUT2D eigenvalue weighted by Crippen LogP contribution is -2.15. The molecule has 0 amide bonds. The second kappa shape index (κ2) is 5.78. The number of hydrogen-bond acceptors (Lipinski definition) is 2. The minimum Gasteiger partial charge on any atom is -0.366 e. The molecule has 0 bridgehead atoms. The lowest BCUT2D eigenvalue weighted by Gasteiger charge is -2.14. The standard InChI is InChI=1S/C10H13Cl3N2/c1-3-4-6(2)14-10-8(12)5-7(11)9(13)15-10/h5-6H,3-4H2,1-2H3,(H,14,15). The number of nitrogens with zero attached hydrogens (tertiary/aromatic N) is 1. The van der Waals surface area contributed by atoms with Crippen LogP contribution in [-0.4, -0.2) is 11.0 Å². The van der Waals surface area contributed by atoms with E-state index >= 15 is 0 Å². The number of nitrogens with one attached hydrogen (secondary N) is 1. The minimum absolute atomic E-state index is 0.271. The Labute approximate surface area is 105 Å². The first-order chi connectivity index (χ1) is 7.04. The van der Waals surface area contributed by atoms with E-state index in [9.17, 15) is 0 Å². The molecule has 5 heteroatoms. The van der Waals surface area contributed by atoms with Crippen LogP contribution in [0.15, 0.2) is 6.07 Å². The first kappa shape index (κ1) is 12.9. The third-order valence-corrected chi connectivity index (χ3v) is 2.95. The molecular formula is C10H13Cl3N2. The van der Waals surface area contributed by atoms with Crippen molar-refractivity contribution < 1.29 is 0 Å². The molecule has 1 aromatic rings. The number of aromatic nitrogens is 1. The number of rotatable bonds is 4. The summed E-state index contributed by atoms with van der Waals surface area (Å²) in [6.45, 7) is 4.20. The summed E-state index contributed by atoms with van der Waals surface area (Å²) in [5, 5.41) is 4.33. The van der Waals surface area contributed by atoms with Crippen LogP contribution in [0.1, 0.15) is 26.7 Å². The zero-order valence-corrected chi connectivity index (χ0v) is 10.9.